The van der Waals surface area contributed by atoms with Gasteiger partial charge in [-0.2, -0.15) is 0 Å². The molecule has 136 valence electrons. The number of rotatable bonds is 4. The molecule has 0 saturated carbocycles. The molecule has 4 amide bonds. The zero-order chi connectivity index (χ0) is 17.9. The molecule has 0 radical (unpaired) electrons. The summed E-state index contributed by atoms with van der Waals surface area (Å²) in [6.45, 7) is 9.74. The van der Waals surface area contributed by atoms with Crippen molar-refractivity contribution in [2.45, 2.75) is 57.6 Å². The highest BCUT2D eigenvalue weighted by Gasteiger charge is 2.38. The number of urea groups is 1. The van der Waals surface area contributed by atoms with Crippen molar-refractivity contribution >= 4 is 28.9 Å². The summed E-state index contributed by atoms with van der Waals surface area (Å²) in [4.78, 5) is 44.4. The Bertz CT molecular complexity index is 500. The Balaban J connectivity index is 1.76. The molecular formula is C15H26N4O4S. The summed E-state index contributed by atoms with van der Waals surface area (Å²) in [7, 11) is 0. The van der Waals surface area contributed by atoms with E-state index in [0.29, 0.717) is 32.5 Å². The second-order valence-electron chi connectivity index (χ2n) is 6.92. The van der Waals surface area contributed by atoms with Gasteiger partial charge in [0.05, 0.1) is 6.10 Å². The van der Waals surface area contributed by atoms with Crippen LogP contribution in [0.15, 0.2) is 0 Å². The van der Waals surface area contributed by atoms with Crippen LogP contribution in [0.5, 0.6) is 0 Å². The lowest BCUT2D eigenvalue weighted by Crippen LogP contribution is -2.52. The number of piperidine rings is 1. The number of likely N-dealkylation sites (tertiary alicyclic amines) is 1. The SMILES string of the molecule is CCN(C(=O)NOC1CCN(C2SC(=O)NC2=O)CC1)C(C)(C)C. The standard InChI is InChI=1S/C15H26N4O4S/c1-5-19(15(2,3)4)13(21)17-23-10-6-8-18(9-7-10)12-11(20)16-14(22)24-12/h10,12H,5-9H2,1-4H3,(H,17,21)(H,16,20,22). The second kappa shape index (κ2) is 7.71. The van der Waals surface area contributed by atoms with E-state index in [9.17, 15) is 14.4 Å². The molecule has 9 heteroatoms. The minimum atomic E-state index is -0.440. The molecule has 2 heterocycles. The molecule has 24 heavy (non-hydrogen) atoms. The van der Waals surface area contributed by atoms with Crippen molar-refractivity contribution in [3.63, 3.8) is 0 Å². The molecule has 0 aromatic carbocycles. The van der Waals surface area contributed by atoms with Crippen LogP contribution in [-0.2, 0) is 9.63 Å². The van der Waals surface area contributed by atoms with Gasteiger partial charge < -0.3 is 4.90 Å². The van der Waals surface area contributed by atoms with E-state index in [0.717, 1.165) is 11.8 Å². The number of carbonyl (C=O) groups is 3. The molecule has 2 aliphatic rings. The third kappa shape index (κ3) is 4.61. The van der Waals surface area contributed by atoms with Crippen LogP contribution in [0, 0.1) is 0 Å². The number of hydrogen-bond donors (Lipinski definition) is 2. The average molecular weight is 358 g/mol. The highest BCUT2D eigenvalue weighted by Crippen LogP contribution is 2.26. The number of amides is 4. The number of thioether (sulfide) groups is 1. The van der Waals surface area contributed by atoms with E-state index in [4.69, 9.17) is 4.84 Å². The number of carbonyl (C=O) groups excluding carboxylic acids is 3. The Morgan fingerprint density at radius 2 is 2.00 bits per heavy atom. The number of nitrogens with one attached hydrogen (secondary N) is 2. The van der Waals surface area contributed by atoms with Gasteiger partial charge in [0.1, 0.15) is 5.37 Å². The maximum absolute atomic E-state index is 12.2. The molecule has 0 aromatic rings. The van der Waals surface area contributed by atoms with Crippen LogP contribution in [0.4, 0.5) is 9.59 Å². The second-order valence-corrected chi connectivity index (χ2v) is 7.98. The molecule has 2 rings (SSSR count). The van der Waals surface area contributed by atoms with E-state index < -0.39 is 5.37 Å². The Hall–Kier alpha value is -1.32. The van der Waals surface area contributed by atoms with E-state index in [1.54, 1.807) is 4.90 Å². The van der Waals surface area contributed by atoms with Crippen LogP contribution in [0.2, 0.25) is 0 Å². The molecular weight excluding hydrogens is 332 g/mol. The maximum atomic E-state index is 12.2. The summed E-state index contributed by atoms with van der Waals surface area (Å²) < 4.78 is 0. The van der Waals surface area contributed by atoms with Crippen LogP contribution in [0.3, 0.4) is 0 Å². The maximum Gasteiger partial charge on any atom is 0.341 e. The molecule has 2 fully saturated rings. The quantitative estimate of drug-likeness (QED) is 0.741. The van der Waals surface area contributed by atoms with Crippen LogP contribution in [0.1, 0.15) is 40.5 Å². The van der Waals surface area contributed by atoms with Crippen LogP contribution in [0.25, 0.3) is 0 Å². The summed E-state index contributed by atoms with van der Waals surface area (Å²) in [5, 5.41) is 1.56. The molecule has 2 saturated heterocycles. The number of hydroxylamine groups is 1. The molecule has 2 N–H and O–H groups in total. The molecule has 8 nitrogen and oxygen atoms in total. The van der Waals surface area contributed by atoms with Gasteiger partial charge in [-0.05, 0) is 52.3 Å². The summed E-state index contributed by atoms with van der Waals surface area (Å²) in [5.41, 5.74) is 2.27. The van der Waals surface area contributed by atoms with Crippen LogP contribution < -0.4 is 10.8 Å². The van der Waals surface area contributed by atoms with Gasteiger partial charge in [0.25, 0.3) is 11.1 Å². The third-order valence-corrected chi connectivity index (χ3v) is 5.21. The van der Waals surface area contributed by atoms with Gasteiger partial charge in [0.15, 0.2) is 0 Å². The summed E-state index contributed by atoms with van der Waals surface area (Å²) in [6.07, 6.45) is 1.30. The van der Waals surface area contributed by atoms with Crippen molar-refractivity contribution in [2.75, 3.05) is 19.6 Å². The largest absolute Gasteiger partial charge is 0.341 e. The smallest absolute Gasteiger partial charge is 0.318 e. The number of hydrogen-bond acceptors (Lipinski definition) is 6. The average Bonchev–Trinajstić information content (AvgIpc) is 2.83. The normalized spacial score (nSPS) is 23.2. The van der Waals surface area contributed by atoms with E-state index >= 15 is 0 Å². The highest BCUT2D eigenvalue weighted by molar-refractivity contribution is 8.15. The lowest BCUT2D eigenvalue weighted by atomic mass is 10.1. The Kier molecular flexibility index (Phi) is 6.11. The summed E-state index contributed by atoms with van der Waals surface area (Å²) >= 11 is 1.02. The van der Waals surface area contributed by atoms with Gasteiger partial charge in [0.2, 0.25) is 0 Å². The van der Waals surface area contributed by atoms with E-state index in [1.165, 1.54) is 0 Å². The van der Waals surface area contributed by atoms with Crippen molar-refractivity contribution in [1.29, 1.82) is 0 Å². The zero-order valence-corrected chi connectivity index (χ0v) is 15.4. The fourth-order valence-electron chi connectivity index (χ4n) is 2.93. The van der Waals surface area contributed by atoms with Crippen LogP contribution in [-0.4, -0.2) is 63.6 Å². The van der Waals surface area contributed by atoms with Crippen molar-refractivity contribution in [1.82, 2.24) is 20.6 Å². The molecule has 0 aliphatic carbocycles. The molecule has 0 spiro atoms. The predicted octanol–water partition coefficient (Wildman–Crippen LogP) is 1.52. The zero-order valence-electron chi connectivity index (χ0n) is 14.6. The summed E-state index contributed by atoms with van der Waals surface area (Å²) in [5.74, 6) is -0.249. The van der Waals surface area contributed by atoms with E-state index in [-0.39, 0.29) is 28.8 Å². The molecule has 1 unspecified atom stereocenters. The topological polar surface area (TPSA) is 91.0 Å². The molecule has 0 bridgehead atoms. The number of imide groups is 1. The third-order valence-electron chi connectivity index (χ3n) is 4.16. The molecule has 2 aliphatic heterocycles. The van der Waals surface area contributed by atoms with Crippen molar-refractivity contribution in [3.8, 4) is 0 Å². The van der Waals surface area contributed by atoms with E-state index in [1.807, 2.05) is 32.6 Å². The van der Waals surface area contributed by atoms with Crippen LogP contribution >= 0.6 is 11.8 Å². The first kappa shape index (κ1) is 19.0. The number of nitrogens with zero attached hydrogens (tertiary/aromatic N) is 2. The Morgan fingerprint density at radius 3 is 2.46 bits per heavy atom. The molecule has 0 aromatic heterocycles. The first-order valence-electron chi connectivity index (χ1n) is 8.21. The first-order chi connectivity index (χ1) is 11.2. The first-order valence-corrected chi connectivity index (χ1v) is 9.09. The van der Waals surface area contributed by atoms with Gasteiger partial charge >= 0.3 is 6.03 Å². The minimum absolute atomic E-state index is 0.0889. The predicted molar refractivity (Wildman–Crippen MR) is 91.3 cm³/mol. The van der Waals surface area contributed by atoms with Gasteiger partial charge in [-0.15, -0.1) is 0 Å². The van der Waals surface area contributed by atoms with Gasteiger partial charge in [0, 0.05) is 25.2 Å². The Morgan fingerprint density at radius 1 is 1.38 bits per heavy atom. The van der Waals surface area contributed by atoms with Gasteiger partial charge in [-0.1, -0.05) is 0 Å². The highest BCUT2D eigenvalue weighted by atomic mass is 32.2. The van der Waals surface area contributed by atoms with Gasteiger partial charge in [-0.25, -0.2) is 10.3 Å². The van der Waals surface area contributed by atoms with Crippen molar-refractivity contribution in [2.24, 2.45) is 0 Å². The lowest BCUT2D eigenvalue weighted by molar-refractivity contribution is -0.122. The Labute approximate surface area is 146 Å². The van der Waals surface area contributed by atoms with Crippen molar-refractivity contribution < 1.29 is 19.2 Å². The summed E-state index contributed by atoms with van der Waals surface area (Å²) in [6, 6.07) is -0.247. The fraction of sp³-hybridized carbons (Fsp3) is 0.800. The minimum Gasteiger partial charge on any atom is -0.318 e. The van der Waals surface area contributed by atoms with E-state index in [2.05, 4.69) is 10.8 Å². The fourth-order valence-corrected chi connectivity index (χ4v) is 3.81. The lowest BCUT2D eigenvalue weighted by Gasteiger charge is -2.36. The van der Waals surface area contributed by atoms with Crippen molar-refractivity contribution in [3.05, 3.63) is 0 Å². The monoisotopic (exact) mass is 358 g/mol. The van der Waals surface area contributed by atoms with Gasteiger partial charge in [-0.3, -0.25) is 24.6 Å². The molecule has 1 atom stereocenters.